The number of rotatable bonds is 0. The van der Waals surface area contributed by atoms with E-state index in [0.29, 0.717) is 0 Å². The van der Waals surface area contributed by atoms with Gasteiger partial charge in [-0.2, -0.15) is 0 Å². The van der Waals surface area contributed by atoms with Gasteiger partial charge in [-0.1, -0.05) is 58.0 Å². The maximum Gasteiger partial charge on any atom is 0.185 e. The third kappa shape index (κ3) is 1.16. The highest BCUT2D eigenvalue weighted by molar-refractivity contribution is 6.66. The highest BCUT2D eigenvalue weighted by Crippen LogP contribution is 2.83. The van der Waals surface area contributed by atoms with E-state index in [1.54, 1.807) is 0 Å². The molecule has 0 aromatic heterocycles. The Kier molecular flexibility index (Phi) is 2.75. The fourth-order valence-electron chi connectivity index (χ4n) is 3.79. The summed E-state index contributed by atoms with van der Waals surface area (Å²) in [6.45, 7) is 0. The standard InChI is InChI=1S/C10H4Cl8O/c11-3-1-2(6-9(3,16)19-6)8(15)5(13)4(12)7(1,14)10(8,17)18/h1-3,6H/t1?,2?,3?,6?,7-,8?,9?/m1/s1. The lowest BCUT2D eigenvalue weighted by atomic mass is 9.83. The smallest absolute Gasteiger partial charge is 0.185 e. The molecule has 0 aromatic rings. The highest BCUT2D eigenvalue weighted by Gasteiger charge is 2.92. The van der Waals surface area contributed by atoms with E-state index in [1.807, 2.05) is 0 Å². The van der Waals surface area contributed by atoms with Crippen LogP contribution in [0.15, 0.2) is 10.1 Å². The average molecular weight is 424 g/mol. The molecule has 0 radical (unpaired) electrons. The molecule has 4 rings (SSSR count). The monoisotopic (exact) mass is 420 g/mol. The molecule has 0 N–H and O–H groups in total. The van der Waals surface area contributed by atoms with Crippen LogP contribution in [0.1, 0.15) is 0 Å². The minimum Gasteiger partial charge on any atom is -0.347 e. The Morgan fingerprint density at radius 2 is 1.32 bits per heavy atom. The molecule has 3 aliphatic carbocycles. The topological polar surface area (TPSA) is 12.5 Å². The van der Waals surface area contributed by atoms with Gasteiger partial charge in [-0.25, -0.2) is 0 Å². The summed E-state index contributed by atoms with van der Waals surface area (Å²) in [5.74, 6) is -0.786. The average Bonchev–Trinajstić information content (AvgIpc) is 2.90. The van der Waals surface area contributed by atoms with Crippen LogP contribution < -0.4 is 0 Å². The number of epoxide rings is 1. The molecule has 1 nitrogen and oxygen atoms in total. The van der Waals surface area contributed by atoms with Crippen LogP contribution in [0.2, 0.25) is 0 Å². The predicted molar refractivity (Wildman–Crippen MR) is 80.4 cm³/mol. The van der Waals surface area contributed by atoms with Gasteiger partial charge in [0, 0.05) is 11.8 Å². The Bertz CT molecular complexity index is 520. The van der Waals surface area contributed by atoms with Crippen LogP contribution in [-0.2, 0) is 4.74 Å². The van der Waals surface area contributed by atoms with Crippen molar-refractivity contribution >= 4 is 92.8 Å². The van der Waals surface area contributed by atoms with Gasteiger partial charge in [-0.3, -0.25) is 0 Å². The number of hydrogen-bond donors (Lipinski definition) is 0. The molecular weight excluding hydrogens is 420 g/mol. The Balaban J connectivity index is 2.00. The van der Waals surface area contributed by atoms with Gasteiger partial charge in [0.15, 0.2) is 9.39 Å². The molecule has 2 bridgehead atoms. The fourth-order valence-corrected chi connectivity index (χ4v) is 7.80. The maximum absolute atomic E-state index is 6.65. The first kappa shape index (κ1) is 14.6. The van der Waals surface area contributed by atoms with Crippen molar-refractivity contribution in [1.29, 1.82) is 0 Å². The van der Waals surface area contributed by atoms with Crippen LogP contribution in [-0.4, -0.2) is 30.6 Å². The van der Waals surface area contributed by atoms with Crippen molar-refractivity contribution in [3.63, 3.8) is 0 Å². The Morgan fingerprint density at radius 1 is 0.842 bits per heavy atom. The number of alkyl halides is 6. The van der Waals surface area contributed by atoms with E-state index in [2.05, 4.69) is 0 Å². The van der Waals surface area contributed by atoms with Gasteiger partial charge in [0.1, 0.15) is 15.9 Å². The molecule has 7 atom stereocenters. The number of ether oxygens (including phenoxy) is 1. The van der Waals surface area contributed by atoms with Crippen LogP contribution in [0.3, 0.4) is 0 Å². The van der Waals surface area contributed by atoms with E-state index in [4.69, 9.17) is 97.5 Å². The molecule has 0 spiro atoms. The molecule has 106 valence electrons. The van der Waals surface area contributed by atoms with Crippen LogP contribution in [0.25, 0.3) is 0 Å². The SMILES string of the molecule is ClC1=C(Cl)[C@]2(Cl)C3C(Cl)C4(Cl)OC4C3C1(Cl)C2(Cl)Cl. The van der Waals surface area contributed by atoms with Crippen LogP contribution in [0.5, 0.6) is 0 Å². The summed E-state index contributed by atoms with van der Waals surface area (Å²) in [4.78, 5) is -2.70. The zero-order valence-electron chi connectivity index (χ0n) is 8.74. The molecule has 2 saturated carbocycles. The van der Waals surface area contributed by atoms with Crippen molar-refractivity contribution in [2.24, 2.45) is 11.8 Å². The number of fused-ring (bicyclic) bond motifs is 7. The number of halogens is 8. The van der Waals surface area contributed by atoms with Gasteiger partial charge < -0.3 is 4.74 Å². The lowest BCUT2D eigenvalue weighted by molar-refractivity contribution is 0.194. The summed E-state index contributed by atoms with van der Waals surface area (Å²) in [7, 11) is 0. The van der Waals surface area contributed by atoms with Crippen LogP contribution in [0, 0.1) is 11.8 Å². The van der Waals surface area contributed by atoms with E-state index in [1.165, 1.54) is 0 Å². The van der Waals surface area contributed by atoms with E-state index < -0.39 is 30.4 Å². The van der Waals surface area contributed by atoms with Gasteiger partial charge in [-0.05, 0) is 0 Å². The Labute approximate surface area is 149 Å². The largest absolute Gasteiger partial charge is 0.347 e. The van der Waals surface area contributed by atoms with Crippen molar-refractivity contribution in [1.82, 2.24) is 0 Å². The lowest BCUT2D eigenvalue weighted by Crippen LogP contribution is -2.47. The van der Waals surface area contributed by atoms with Gasteiger partial charge >= 0.3 is 0 Å². The zero-order chi connectivity index (χ0) is 14.2. The molecule has 3 fully saturated rings. The van der Waals surface area contributed by atoms with Crippen molar-refractivity contribution in [2.75, 3.05) is 0 Å². The van der Waals surface area contributed by atoms with Gasteiger partial charge in [0.25, 0.3) is 0 Å². The summed E-state index contributed by atoms with van der Waals surface area (Å²) in [5, 5.41) is -1.29. The lowest BCUT2D eigenvalue weighted by Gasteiger charge is -2.35. The van der Waals surface area contributed by atoms with Crippen LogP contribution >= 0.6 is 92.8 Å². The Morgan fingerprint density at radius 3 is 1.84 bits per heavy atom. The minimum absolute atomic E-state index is 0.143. The molecule has 9 heteroatoms. The molecule has 0 aromatic carbocycles. The third-order valence-electron chi connectivity index (χ3n) is 4.71. The normalized spacial score (nSPS) is 64.4. The van der Waals surface area contributed by atoms with E-state index >= 15 is 0 Å². The van der Waals surface area contributed by atoms with Gasteiger partial charge in [0.2, 0.25) is 0 Å². The van der Waals surface area contributed by atoms with Crippen molar-refractivity contribution in [2.45, 2.75) is 30.6 Å². The van der Waals surface area contributed by atoms with E-state index in [0.717, 1.165) is 0 Å². The van der Waals surface area contributed by atoms with Crippen molar-refractivity contribution in [3.05, 3.63) is 10.1 Å². The Hall–Kier alpha value is 2.02. The second kappa shape index (κ2) is 3.57. The third-order valence-corrected chi connectivity index (χ3v) is 10.2. The predicted octanol–water partition coefficient (Wildman–Crippen LogP) is 5.02. The van der Waals surface area contributed by atoms with Crippen LogP contribution in [0.4, 0.5) is 0 Å². The number of allylic oxidation sites excluding steroid dienone is 2. The van der Waals surface area contributed by atoms with Crippen molar-refractivity contribution < 1.29 is 4.74 Å². The first-order valence-corrected chi connectivity index (χ1v) is 8.47. The van der Waals surface area contributed by atoms with Crippen molar-refractivity contribution in [3.8, 4) is 0 Å². The zero-order valence-corrected chi connectivity index (χ0v) is 14.8. The summed E-state index contributed by atoms with van der Waals surface area (Å²) in [6.07, 6.45) is -0.379. The second-order valence-corrected chi connectivity index (χ2v) is 9.65. The molecular formula is C10H4Cl8O. The first-order valence-electron chi connectivity index (χ1n) is 5.39. The fraction of sp³-hybridized carbons (Fsp3) is 0.800. The van der Waals surface area contributed by atoms with Gasteiger partial charge in [0.05, 0.1) is 15.4 Å². The molecule has 6 unspecified atom stereocenters. The molecule has 4 aliphatic rings. The van der Waals surface area contributed by atoms with E-state index in [9.17, 15) is 0 Å². The minimum atomic E-state index is -1.58. The number of hydrogen-bond acceptors (Lipinski definition) is 1. The highest BCUT2D eigenvalue weighted by atomic mass is 35.5. The summed E-state index contributed by atoms with van der Waals surface area (Å²) >= 11 is 51.3. The second-order valence-electron chi connectivity index (χ2n) is 5.32. The summed E-state index contributed by atoms with van der Waals surface area (Å²) < 4.78 is 3.88. The molecule has 19 heavy (non-hydrogen) atoms. The first-order chi connectivity index (χ1) is 8.56. The molecule has 0 amide bonds. The maximum atomic E-state index is 6.65. The molecule has 1 aliphatic heterocycles. The van der Waals surface area contributed by atoms with Gasteiger partial charge in [-0.15, -0.1) is 34.8 Å². The summed E-state index contributed by atoms with van der Waals surface area (Å²) in [6, 6.07) is 0. The quantitative estimate of drug-likeness (QED) is 0.394. The van der Waals surface area contributed by atoms with E-state index in [-0.39, 0.29) is 22.1 Å². The molecule has 1 heterocycles. The summed E-state index contributed by atoms with van der Waals surface area (Å²) in [5.41, 5.74) is 0. The molecule has 1 saturated heterocycles.